The molecule has 1 heterocycles. The summed E-state index contributed by atoms with van der Waals surface area (Å²) in [6.45, 7) is 0. The maximum absolute atomic E-state index is 11.6. The monoisotopic (exact) mass is 343 g/mol. The van der Waals surface area contributed by atoms with E-state index in [2.05, 4.69) is 22.6 Å². The van der Waals surface area contributed by atoms with Gasteiger partial charge in [0.05, 0.1) is 5.56 Å². The molecule has 0 N–H and O–H groups in total. The number of hydroxylamine groups is 2. The minimum atomic E-state index is -0.704. The fourth-order valence-electron chi connectivity index (χ4n) is 1.38. The molecule has 1 aliphatic rings. The fraction of sp³-hybridized carbons (Fsp3) is 0.182. The summed E-state index contributed by atoms with van der Waals surface area (Å²) in [5.74, 6) is -1.66. The van der Waals surface area contributed by atoms with Gasteiger partial charge in [-0.1, -0.05) is 0 Å². The maximum atomic E-state index is 11.6. The molecule has 0 aromatic heterocycles. The third kappa shape index (κ3) is 2.63. The van der Waals surface area contributed by atoms with Gasteiger partial charge in [0.2, 0.25) is 0 Å². The molecular weight excluding hydrogens is 335 g/mol. The Bertz CT molecular complexity index is 467. The lowest BCUT2D eigenvalue weighted by Gasteiger charge is -2.12. The summed E-state index contributed by atoms with van der Waals surface area (Å²) >= 11 is 2.11. The minimum absolute atomic E-state index is 0.0960. The second-order valence-corrected chi connectivity index (χ2v) is 4.71. The van der Waals surface area contributed by atoms with Crippen LogP contribution in [0.3, 0.4) is 0 Å². The van der Waals surface area contributed by atoms with Crippen LogP contribution in [0.15, 0.2) is 24.3 Å². The fourth-order valence-corrected chi connectivity index (χ4v) is 1.74. The topological polar surface area (TPSA) is 63.7 Å². The molecule has 2 rings (SSSR count). The SMILES string of the molecule is O=C(ON1C(=O)CCC1=O)c1ccc([125I])cc1. The van der Waals surface area contributed by atoms with Crippen LogP contribution in [0.4, 0.5) is 0 Å². The second-order valence-electron chi connectivity index (χ2n) is 3.47. The third-order valence-electron chi connectivity index (χ3n) is 2.26. The molecule has 0 radical (unpaired) electrons. The standard InChI is InChI=1S/C11H8INO4/c12-8-3-1-7(2-4-8)11(16)17-13-9(14)5-6-10(13)15/h1-4H,5-6H2/i12-2. The first-order chi connectivity index (χ1) is 8.08. The van der Waals surface area contributed by atoms with Crippen molar-refractivity contribution in [3.05, 3.63) is 33.4 Å². The quantitative estimate of drug-likeness (QED) is 0.603. The van der Waals surface area contributed by atoms with Crippen molar-refractivity contribution in [2.24, 2.45) is 0 Å². The molecule has 2 amide bonds. The summed E-state index contributed by atoms with van der Waals surface area (Å²) in [6.07, 6.45) is 0.192. The van der Waals surface area contributed by atoms with Gasteiger partial charge in [-0.25, -0.2) is 4.79 Å². The van der Waals surface area contributed by atoms with Crippen molar-refractivity contribution >= 4 is 40.4 Å². The van der Waals surface area contributed by atoms with Crippen LogP contribution in [0.1, 0.15) is 23.2 Å². The maximum Gasteiger partial charge on any atom is 0.363 e. The van der Waals surface area contributed by atoms with E-state index in [1.54, 1.807) is 24.3 Å². The van der Waals surface area contributed by atoms with Gasteiger partial charge < -0.3 is 4.84 Å². The Balaban J connectivity index is 2.09. The average Bonchev–Trinajstić information content (AvgIpc) is 2.61. The van der Waals surface area contributed by atoms with Crippen LogP contribution in [0.2, 0.25) is 0 Å². The Morgan fingerprint density at radius 1 is 1.12 bits per heavy atom. The lowest BCUT2D eigenvalue weighted by Crippen LogP contribution is -2.32. The predicted octanol–water partition coefficient (Wildman–Crippen LogP) is 1.51. The van der Waals surface area contributed by atoms with Gasteiger partial charge in [0.15, 0.2) is 0 Å². The predicted molar refractivity (Wildman–Crippen MR) is 65.7 cm³/mol. The van der Waals surface area contributed by atoms with Gasteiger partial charge in [-0.2, -0.15) is 0 Å². The molecule has 0 bridgehead atoms. The number of carbonyl (C=O) groups excluding carboxylic acids is 3. The molecule has 17 heavy (non-hydrogen) atoms. The van der Waals surface area contributed by atoms with Crippen LogP contribution in [-0.2, 0) is 14.4 Å². The molecule has 5 nitrogen and oxygen atoms in total. The van der Waals surface area contributed by atoms with Crippen molar-refractivity contribution in [3.63, 3.8) is 0 Å². The van der Waals surface area contributed by atoms with E-state index in [-0.39, 0.29) is 12.8 Å². The summed E-state index contributed by atoms with van der Waals surface area (Å²) < 4.78 is 0.979. The summed E-state index contributed by atoms with van der Waals surface area (Å²) in [6, 6.07) is 6.64. The first-order valence-electron chi connectivity index (χ1n) is 4.91. The van der Waals surface area contributed by atoms with Crippen molar-refractivity contribution in [1.82, 2.24) is 5.06 Å². The normalized spacial score (nSPS) is 15.2. The number of benzene rings is 1. The summed E-state index contributed by atoms with van der Waals surface area (Å²) in [5.41, 5.74) is 0.304. The molecule has 1 aromatic rings. The molecule has 0 atom stereocenters. The van der Waals surface area contributed by atoms with Crippen LogP contribution in [-0.4, -0.2) is 22.8 Å². The zero-order chi connectivity index (χ0) is 12.4. The van der Waals surface area contributed by atoms with E-state index < -0.39 is 17.8 Å². The molecule has 88 valence electrons. The lowest BCUT2D eigenvalue weighted by atomic mass is 10.2. The van der Waals surface area contributed by atoms with E-state index >= 15 is 0 Å². The van der Waals surface area contributed by atoms with Gasteiger partial charge in [0, 0.05) is 16.4 Å². The van der Waals surface area contributed by atoms with Crippen molar-refractivity contribution < 1.29 is 19.2 Å². The number of nitrogens with zero attached hydrogens (tertiary/aromatic N) is 1. The molecule has 0 aliphatic carbocycles. The number of carbonyl (C=O) groups is 3. The molecule has 6 heteroatoms. The number of imide groups is 1. The van der Waals surface area contributed by atoms with Gasteiger partial charge in [-0.3, -0.25) is 9.59 Å². The molecule has 0 unspecified atom stereocenters. The number of hydrogen-bond acceptors (Lipinski definition) is 4. The Labute approximate surface area is 111 Å². The smallest absolute Gasteiger partial charge is 0.325 e. The van der Waals surface area contributed by atoms with E-state index in [9.17, 15) is 14.4 Å². The molecule has 0 spiro atoms. The third-order valence-corrected chi connectivity index (χ3v) is 2.98. The van der Waals surface area contributed by atoms with Crippen molar-refractivity contribution in [2.45, 2.75) is 12.8 Å². The molecular formula is C11H8INO4. The van der Waals surface area contributed by atoms with Crippen LogP contribution in [0.5, 0.6) is 0 Å². The second kappa shape index (κ2) is 4.82. The van der Waals surface area contributed by atoms with Crippen molar-refractivity contribution in [3.8, 4) is 0 Å². The number of hydrogen-bond donors (Lipinski definition) is 0. The van der Waals surface area contributed by atoms with Crippen molar-refractivity contribution in [1.29, 1.82) is 0 Å². The highest BCUT2D eigenvalue weighted by molar-refractivity contribution is 14.1. The van der Waals surface area contributed by atoms with E-state index in [0.29, 0.717) is 10.6 Å². The van der Waals surface area contributed by atoms with Crippen LogP contribution >= 0.6 is 22.6 Å². The van der Waals surface area contributed by atoms with E-state index in [0.717, 1.165) is 3.57 Å². The number of rotatable bonds is 2. The lowest BCUT2D eigenvalue weighted by molar-refractivity contribution is -0.172. The summed E-state index contributed by atoms with van der Waals surface area (Å²) in [4.78, 5) is 38.9. The van der Waals surface area contributed by atoms with Gasteiger partial charge in [-0.05, 0) is 46.9 Å². The number of halogens is 1. The van der Waals surface area contributed by atoms with Gasteiger partial charge in [0.1, 0.15) is 0 Å². The first-order valence-corrected chi connectivity index (χ1v) is 5.99. The molecule has 1 aliphatic heterocycles. The van der Waals surface area contributed by atoms with Gasteiger partial charge >= 0.3 is 5.97 Å². The highest BCUT2D eigenvalue weighted by atomic mass is 125. The number of amides is 2. The zero-order valence-corrected chi connectivity index (χ0v) is 10.8. The van der Waals surface area contributed by atoms with Crippen LogP contribution < -0.4 is 0 Å². The minimum Gasteiger partial charge on any atom is -0.325 e. The zero-order valence-electron chi connectivity index (χ0n) is 8.68. The Morgan fingerprint density at radius 2 is 1.65 bits per heavy atom. The Hall–Kier alpha value is -1.44. The van der Waals surface area contributed by atoms with Gasteiger partial charge in [0.25, 0.3) is 11.8 Å². The molecule has 1 fully saturated rings. The highest BCUT2D eigenvalue weighted by Crippen LogP contribution is 2.14. The van der Waals surface area contributed by atoms with Gasteiger partial charge in [-0.15, -0.1) is 5.06 Å². The van der Waals surface area contributed by atoms with E-state index in [4.69, 9.17) is 4.84 Å². The Kier molecular flexibility index (Phi) is 3.41. The summed E-state index contributed by atoms with van der Waals surface area (Å²) in [5, 5.41) is 0.542. The largest absolute Gasteiger partial charge is 0.363 e. The van der Waals surface area contributed by atoms with Crippen LogP contribution in [0.25, 0.3) is 0 Å². The molecule has 1 saturated heterocycles. The molecule has 1 aromatic carbocycles. The van der Waals surface area contributed by atoms with E-state index in [1.165, 1.54) is 0 Å². The van der Waals surface area contributed by atoms with E-state index in [1.807, 2.05) is 0 Å². The molecule has 0 saturated carbocycles. The summed E-state index contributed by atoms with van der Waals surface area (Å²) in [7, 11) is 0. The van der Waals surface area contributed by atoms with Crippen molar-refractivity contribution in [2.75, 3.05) is 0 Å². The Morgan fingerprint density at radius 3 is 2.18 bits per heavy atom. The highest BCUT2D eigenvalue weighted by Gasteiger charge is 2.33. The van der Waals surface area contributed by atoms with Crippen LogP contribution in [0, 0.1) is 3.57 Å². The first kappa shape index (κ1) is 12.0. The average molecular weight is 343 g/mol.